The smallest absolute Gasteiger partial charge is 0.0602 e. The minimum atomic E-state index is 1.06. The van der Waals surface area contributed by atoms with Crippen molar-refractivity contribution < 1.29 is 0 Å². The summed E-state index contributed by atoms with van der Waals surface area (Å²) in [6.07, 6.45) is 0. The van der Waals surface area contributed by atoms with Crippen molar-refractivity contribution in [2.24, 2.45) is 0 Å². The Hall–Kier alpha value is -1.18. The van der Waals surface area contributed by atoms with Crippen LogP contribution in [0.15, 0.2) is 24.3 Å². The third-order valence-corrected chi connectivity index (χ3v) is 2.32. The molecule has 0 radical (unpaired) electrons. The second-order valence-electron chi connectivity index (χ2n) is 3.02. The lowest BCUT2D eigenvalue weighted by Crippen LogP contribution is -2.33. The number of anilines is 2. The van der Waals surface area contributed by atoms with Gasteiger partial charge in [-0.1, -0.05) is 12.1 Å². The van der Waals surface area contributed by atoms with Gasteiger partial charge in [-0.3, -0.25) is 0 Å². The van der Waals surface area contributed by atoms with E-state index in [1.807, 2.05) is 0 Å². The molecular formula is C10H14N2. The summed E-state index contributed by atoms with van der Waals surface area (Å²) >= 11 is 0. The number of nitrogens with zero attached hydrogens (tertiary/aromatic N) is 1. The molecule has 2 rings (SSSR count). The summed E-state index contributed by atoms with van der Waals surface area (Å²) in [6.45, 7) is 5.47. The molecule has 0 atom stereocenters. The molecule has 0 aromatic heterocycles. The van der Waals surface area contributed by atoms with Gasteiger partial charge >= 0.3 is 0 Å². The Kier molecular flexibility index (Phi) is 1.90. The van der Waals surface area contributed by atoms with Gasteiger partial charge in [0, 0.05) is 19.6 Å². The van der Waals surface area contributed by atoms with E-state index >= 15 is 0 Å². The van der Waals surface area contributed by atoms with Crippen LogP contribution in [-0.2, 0) is 0 Å². The van der Waals surface area contributed by atoms with Crippen LogP contribution in [0, 0.1) is 0 Å². The second-order valence-corrected chi connectivity index (χ2v) is 3.02. The number of hydrogen-bond acceptors (Lipinski definition) is 2. The van der Waals surface area contributed by atoms with E-state index in [0.717, 1.165) is 19.6 Å². The van der Waals surface area contributed by atoms with Gasteiger partial charge < -0.3 is 10.2 Å². The van der Waals surface area contributed by atoms with Crippen molar-refractivity contribution in [2.45, 2.75) is 6.92 Å². The first-order chi connectivity index (χ1) is 5.92. The highest BCUT2D eigenvalue weighted by Gasteiger charge is 2.12. The number of hydrogen-bond donors (Lipinski definition) is 1. The average molecular weight is 162 g/mol. The van der Waals surface area contributed by atoms with E-state index in [9.17, 15) is 0 Å². The minimum absolute atomic E-state index is 1.06. The summed E-state index contributed by atoms with van der Waals surface area (Å²) in [7, 11) is 0. The summed E-state index contributed by atoms with van der Waals surface area (Å²) in [4.78, 5) is 2.39. The first kappa shape index (κ1) is 7.47. The lowest BCUT2D eigenvalue weighted by atomic mass is 10.2. The van der Waals surface area contributed by atoms with Crippen molar-refractivity contribution in [1.82, 2.24) is 0 Å². The first-order valence-electron chi connectivity index (χ1n) is 4.49. The molecule has 1 aromatic rings. The third kappa shape index (κ3) is 1.13. The van der Waals surface area contributed by atoms with Gasteiger partial charge in [0.25, 0.3) is 0 Å². The van der Waals surface area contributed by atoms with E-state index in [1.54, 1.807) is 0 Å². The number of rotatable bonds is 1. The predicted octanol–water partition coefficient (Wildman–Crippen LogP) is 1.94. The molecule has 0 fully saturated rings. The van der Waals surface area contributed by atoms with E-state index in [4.69, 9.17) is 0 Å². The summed E-state index contributed by atoms with van der Waals surface area (Å²) in [5.74, 6) is 0. The quantitative estimate of drug-likeness (QED) is 0.679. The molecule has 64 valence electrons. The molecule has 0 spiro atoms. The highest BCUT2D eigenvalue weighted by atomic mass is 15.2. The molecule has 0 saturated carbocycles. The Labute approximate surface area is 73.2 Å². The van der Waals surface area contributed by atoms with Crippen LogP contribution in [0.2, 0.25) is 0 Å². The molecule has 1 aliphatic rings. The molecule has 1 aromatic carbocycles. The summed E-state index contributed by atoms with van der Waals surface area (Å²) < 4.78 is 0. The largest absolute Gasteiger partial charge is 0.382 e. The van der Waals surface area contributed by atoms with Crippen LogP contribution in [0.4, 0.5) is 11.4 Å². The van der Waals surface area contributed by atoms with Crippen LogP contribution < -0.4 is 10.2 Å². The zero-order valence-electron chi connectivity index (χ0n) is 7.38. The third-order valence-electron chi connectivity index (χ3n) is 2.32. The normalized spacial score (nSPS) is 15.2. The zero-order valence-corrected chi connectivity index (χ0v) is 7.38. The fraction of sp³-hybridized carbons (Fsp3) is 0.400. The van der Waals surface area contributed by atoms with Crippen LogP contribution in [-0.4, -0.2) is 19.6 Å². The van der Waals surface area contributed by atoms with Crippen molar-refractivity contribution >= 4 is 11.4 Å². The highest BCUT2D eigenvalue weighted by Crippen LogP contribution is 2.27. The molecule has 2 nitrogen and oxygen atoms in total. The monoisotopic (exact) mass is 162 g/mol. The van der Waals surface area contributed by atoms with E-state index in [0.29, 0.717) is 0 Å². The van der Waals surface area contributed by atoms with Crippen molar-refractivity contribution in [1.29, 1.82) is 0 Å². The number of para-hydroxylation sites is 2. The molecule has 0 bridgehead atoms. The lowest BCUT2D eigenvalue weighted by Gasteiger charge is -2.30. The van der Waals surface area contributed by atoms with Gasteiger partial charge in [0.1, 0.15) is 0 Å². The Morgan fingerprint density at radius 2 is 2.25 bits per heavy atom. The van der Waals surface area contributed by atoms with Crippen molar-refractivity contribution in [3.63, 3.8) is 0 Å². The molecule has 0 aliphatic carbocycles. The van der Waals surface area contributed by atoms with E-state index in [2.05, 4.69) is 41.4 Å². The predicted molar refractivity (Wildman–Crippen MR) is 52.8 cm³/mol. The molecule has 0 amide bonds. The molecule has 1 heterocycles. The Morgan fingerprint density at radius 1 is 1.42 bits per heavy atom. The molecule has 0 saturated heterocycles. The fourth-order valence-corrected chi connectivity index (χ4v) is 1.67. The van der Waals surface area contributed by atoms with E-state index < -0.39 is 0 Å². The highest BCUT2D eigenvalue weighted by molar-refractivity contribution is 5.71. The fourth-order valence-electron chi connectivity index (χ4n) is 1.67. The van der Waals surface area contributed by atoms with Crippen LogP contribution in [0.1, 0.15) is 6.92 Å². The Bertz CT molecular complexity index is 270. The van der Waals surface area contributed by atoms with Crippen molar-refractivity contribution in [2.75, 3.05) is 29.9 Å². The summed E-state index contributed by atoms with van der Waals surface area (Å²) in [6, 6.07) is 8.47. The van der Waals surface area contributed by atoms with Gasteiger partial charge in [-0.25, -0.2) is 0 Å². The average Bonchev–Trinajstić information content (AvgIpc) is 2.17. The maximum atomic E-state index is 3.39. The standard InChI is InChI=1S/C10H14N2/c1-2-12-8-7-11-9-5-3-4-6-10(9)12/h3-6,11H,2,7-8H2,1H3. The molecule has 1 N–H and O–H groups in total. The number of fused-ring (bicyclic) bond motifs is 1. The molecule has 0 unspecified atom stereocenters. The van der Waals surface area contributed by atoms with Crippen molar-refractivity contribution in [3.8, 4) is 0 Å². The van der Waals surface area contributed by atoms with Crippen LogP contribution in [0.25, 0.3) is 0 Å². The molecular weight excluding hydrogens is 148 g/mol. The topological polar surface area (TPSA) is 15.3 Å². The van der Waals surface area contributed by atoms with Gasteiger partial charge in [0.2, 0.25) is 0 Å². The zero-order chi connectivity index (χ0) is 8.39. The maximum Gasteiger partial charge on any atom is 0.0602 e. The van der Waals surface area contributed by atoms with Crippen LogP contribution in [0.5, 0.6) is 0 Å². The summed E-state index contributed by atoms with van der Waals surface area (Å²) in [5.41, 5.74) is 2.61. The molecule has 1 aliphatic heterocycles. The van der Waals surface area contributed by atoms with Gasteiger partial charge in [0.15, 0.2) is 0 Å². The minimum Gasteiger partial charge on any atom is -0.382 e. The first-order valence-corrected chi connectivity index (χ1v) is 4.49. The van der Waals surface area contributed by atoms with Crippen molar-refractivity contribution in [3.05, 3.63) is 24.3 Å². The van der Waals surface area contributed by atoms with Gasteiger partial charge in [-0.2, -0.15) is 0 Å². The second kappa shape index (κ2) is 3.05. The van der Waals surface area contributed by atoms with E-state index in [-0.39, 0.29) is 0 Å². The molecule has 2 heteroatoms. The maximum absolute atomic E-state index is 3.39. The Balaban J connectivity index is 2.37. The number of nitrogens with one attached hydrogen (secondary N) is 1. The number of likely N-dealkylation sites (N-methyl/N-ethyl adjacent to an activating group) is 1. The number of benzene rings is 1. The Morgan fingerprint density at radius 3 is 3.08 bits per heavy atom. The van der Waals surface area contributed by atoms with Crippen LogP contribution in [0.3, 0.4) is 0 Å². The van der Waals surface area contributed by atoms with Gasteiger partial charge in [-0.15, -0.1) is 0 Å². The van der Waals surface area contributed by atoms with Gasteiger partial charge in [-0.05, 0) is 19.1 Å². The lowest BCUT2D eigenvalue weighted by molar-refractivity contribution is 0.815. The van der Waals surface area contributed by atoms with Gasteiger partial charge in [0.05, 0.1) is 11.4 Å². The SMILES string of the molecule is CCN1CCNc2ccccc21. The summed E-state index contributed by atoms with van der Waals surface area (Å²) in [5, 5.41) is 3.39. The van der Waals surface area contributed by atoms with Crippen LogP contribution >= 0.6 is 0 Å². The molecule has 12 heavy (non-hydrogen) atoms. The van der Waals surface area contributed by atoms with E-state index in [1.165, 1.54) is 11.4 Å².